The molecule has 2 nitrogen and oxygen atoms in total. The monoisotopic (exact) mass is 268 g/mol. The Morgan fingerprint density at radius 1 is 0.900 bits per heavy atom. The van der Waals surface area contributed by atoms with Crippen molar-refractivity contribution in [2.24, 2.45) is 0 Å². The van der Waals surface area contributed by atoms with E-state index in [0.29, 0.717) is 0 Å². The number of hydrogen-bond acceptors (Lipinski definition) is 2. The molecule has 0 spiro atoms. The molecule has 0 bridgehead atoms. The van der Waals surface area contributed by atoms with Gasteiger partial charge in [0.2, 0.25) is 0 Å². The molecule has 0 aliphatic heterocycles. The second-order valence-corrected chi connectivity index (χ2v) is 5.85. The van der Waals surface area contributed by atoms with E-state index in [0.717, 1.165) is 5.69 Å². The van der Waals surface area contributed by atoms with Gasteiger partial charge in [-0.25, -0.2) is 0 Å². The van der Waals surface area contributed by atoms with E-state index >= 15 is 0 Å². The SMILES string of the molecule is Cc1cc(C)c(C(c2ccc(N)cc2)N(C)C)c(C)c1. The van der Waals surface area contributed by atoms with Crippen molar-refractivity contribution in [3.8, 4) is 0 Å². The lowest BCUT2D eigenvalue weighted by Gasteiger charge is -2.28. The summed E-state index contributed by atoms with van der Waals surface area (Å²) in [7, 11) is 4.25. The van der Waals surface area contributed by atoms with Gasteiger partial charge < -0.3 is 5.73 Å². The molecule has 2 heteroatoms. The fourth-order valence-electron chi connectivity index (χ4n) is 3.02. The van der Waals surface area contributed by atoms with Crippen LogP contribution < -0.4 is 5.73 Å². The zero-order valence-corrected chi connectivity index (χ0v) is 13.1. The lowest BCUT2D eigenvalue weighted by Crippen LogP contribution is -2.23. The van der Waals surface area contributed by atoms with Gasteiger partial charge in [-0.15, -0.1) is 0 Å². The highest BCUT2D eigenvalue weighted by Gasteiger charge is 2.20. The third kappa shape index (κ3) is 2.86. The lowest BCUT2D eigenvalue weighted by molar-refractivity contribution is 0.340. The van der Waals surface area contributed by atoms with Crippen molar-refractivity contribution in [2.45, 2.75) is 26.8 Å². The summed E-state index contributed by atoms with van der Waals surface area (Å²) in [6.07, 6.45) is 0. The normalized spacial score (nSPS) is 12.7. The standard InChI is InChI=1S/C18H24N2/c1-12-10-13(2)17(14(3)11-12)18(20(4)5)15-6-8-16(19)9-7-15/h6-11,18H,19H2,1-5H3. The van der Waals surface area contributed by atoms with Crippen LogP contribution in [0.5, 0.6) is 0 Å². The van der Waals surface area contributed by atoms with Crippen LogP contribution in [0.2, 0.25) is 0 Å². The molecular formula is C18H24N2. The first kappa shape index (κ1) is 14.6. The molecule has 20 heavy (non-hydrogen) atoms. The van der Waals surface area contributed by atoms with E-state index in [4.69, 9.17) is 5.73 Å². The van der Waals surface area contributed by atoms with Crippen molar-refractivity contribution in [1.82, 2.24) is 4.90 Å². The Balaban J connectivity index is 2.57. The Bertz CT molecular complexity index is 574. The molecule has 0 radical (unpaired) electrons. The van der Waals surface area contributed by atoms with Gasteiger partial charge in [0.25, 0.3) is 0 Å². The summed E-state index contributed by atoms with van der Waals surface area (Å²) >= 11 is 0. The van der Waals surface area contributed by atoms with Gasteiger partial charge in [0.1, 0.15) is 0 Å². The van der Waals surface area contributed by atoms with Crippen LogP contribution in [-0.2, 0) is 0 Å². The van der Waals surface area contributed by atoms with Gasteiger partial charge in [-0.3, -0.25) is 4.90 Å². The highest BCUT2D eigenvalue weighted by atomic mass is 15.1. The van der Waals surface area contributed by atoms with E-state index < -0.39 is 0 Å². The van der Waals surface area contributed by atoms with Crippen LogP contribution in [0.4, 0.5) is 5.69 Å². The molecule has 2 N–H and O–H groups in total. The third-order valence-corrected chi connectivity index (χ3v) is 3.78. The number of rotatable bonds is 3. The summed E-state index contributed by atoms with van der Waals surface area (Å²) in [6.45, 7) is 6.55. The number of aryl methyl sites for hydroxylation is 3. The molecule has 0 aliphatic rings. The average molecular weight is 268 g/mol. The Morgan fingerprint density at radius 2 is 1.40 bits per heavy atom. The van der Waals surface area contributed by atoms with E-state index in [1.54, 1.807) is 0 Å². The number of anilines is 1. The second-order valence-electron chi connectivity index (χ2n) is 5.85. The molecule has 106 valence electrons. The minimum absolute atomic E-state index is 0.260. The maximum Gasteiger partial charge on any atom is 0.0602 e. The number of benzene rings is 2. The molecule has 0 fully saturated rings. The highest BCUT2D eigenvalue weighted by Crippen LogP contribution is 2.32. The maximum atomic E-state index is 5.81. The Labute approximate surface area is 122 Å². The smallest absolute Gasteiger partial charge is 0.0602 e. The van der Waals surface area contributed by atoms with Crippen LogP contribution >= 0.6 is 0 Å². The molecule has 1 atom stereocenters. The van der Waals surface area contributed by atoms with Crippen molar-refractivity contribution in [2.75, 3.05) is 19.8 Å². The van der Waals surface area contributed by atoms with Crippen molar-refractivity contribution in [3.63, 3.8) is 0 Å². The van der Waals surface area contributed by atoms with Crippen LogP contribution in [0, 0.1) is 20.8 Å². The number of nitrogen functional groups attached to an aromatic ring is 1. The van der Waals surface area contributed by atoms with Crippen LogP contribution in [0.3, 0.4) is 0 Å². The minimum Gasteiger partial charge on any atom is -0.399 e. The van der Waals surface area contributed by atoms with E-state index in [9.17, 15) is 0 Å². The molecule has 0 heterocycles. The summed E-state index contributed by atoms with van der Waals surface area (Å²) in [5.41, 5.74) is 13.3. The van der Waals surface area contributed by atoms with Crippen molar-refractivity contribution >= 4 is 5.69 Å². The van der Waals surface area contributed by atoms with E-state index in [-0.39, 0.29) is 6.04 Å². The van der Waals surface area contributed by atoms with Crippen LogP contribution in [0.15, 0.2) is 36.4 Å². The van der Waals surface area contributed by atoms with Crippen LogP contribution in [-0.4, -0.2) is 19.0 Å². The fourth-order valence-corrected chi connectivity index (χ4v) is 3.02. The highest BCUT2D eigenvalue weighted by molar-refractivity contribution is 5.47. The summed E-state index contributed by atoms with van der Waals surface area (Å²) in [4.78, 5) is 2.26. The van der Waals surface area contributed by atoms with Crippen molar-refractivity contribution in [3.05, 3.63) is 64.2 Å². The van der Waals surface area contributed by atoms with Gasteiger partial charge in [0.15, 0.2) is 0 Å². The van der Waals surface area contributed by atoms with E-state index in [1.807, 2.05) is 12.1 Å². The molecule has 0 aliphatic carbocycles. The van der Waals surface area contributed by atoms with Crippen molar-refractivity contribution in [1.29, 1.82) is 0 Å². The molecule has 0 saturated carbocycles. The fraction of sp³-hybridized carbons (Fsp3) is 0.333. The van der Waals surface area contributed by atoms with Gasteiger partial charge in [-0.2, -0.15) is 0 Å². The van der Waals surface area contributed by atoms with E-state index in [2.05, 4.69) is 64.0 Å². The zero-order chi connectivity index (χ0) is 14.9. The van der Waals surface area contributed by atoms with Crippen LogP contribution in [0.25, 0.3) is 0 Å². The molecule has 2 rings (SSSR count). The van der Waals surface area contributed by atoms with E-state index in [1.165, 1.54) is 27.8 Å². The molecule has 2 aromatic carbocycles. The van der Waals surface area contributed by atoms with Gasteiger partial charge in [-0.1, -0.05) is 29.8 Å². The van der Waals surface area contributed by atoms with Gasteiger partial charge in [0, 0.05) is 5.69 Å². The van der Waals surface area contributed by atoms with Crippen molar-refractivity contribution < 1.29 is 0 Å². The largest absolute Gasteiger partial charge is 0.399 e. The Hall–Kier alpha value is -1.80. The Morgan fingerprint density at radius 3 is 1.85 bits per heavy atom. The molecule has 2 aromatic rings. The summed E-state index contributed by atoms with van der Waals surface area (Å²) in [5.74, 6) is 0. The Kier molecular flexibility index (Phi) is 4.15. The first-order valence-electron chi connectivity index (χ1n) is 6.99. The summed E-state index contributed by atoms with van der Waals surface area (Å²) in [6, 6.07) is 13.0. The number of nitrogens with zero attached hydrogens (tertiary/aromatic N) is 1. The lowest BCUT2D eigenvalue weighted by atomic mass is 9.89. The number of nitrogens with two attached hydrogens (primary N) is 1. The zero-order valence-electron chi connectivity index (χ0n) is 13.1. The van der Waals surface area contributed by atoms with Gasteiger partial charge in [0.05, 0.1) is 6.04 Å². The maximum absolute atomic E-state index is 5.81. The summed E-state index contributed by atoms with van der Waals surface area (Å²) < 4.78 is 0. The predicted octanol–water partition coefficient (Wildman–Crippen LogP) is 3.85. The minimum atomic E-state index is 0.260. The second kappa shape index (κ2) is 5.68. The molecule has 0 amide bonds. The summed E-state index contributed by atoms with van der Waals surface area (Å²) in [5, 5.41) is 0. The van der Waals surface area contributed by atoms with Gasteiger partial charge in [-0.05, 0) is 69.3 Å². The first-order chi connectivity index (χ1) is 9.40. The molecule has 0 saturated heterocycles. The average Bonchev–Trinajstić information content (AvgIpc) is 2.34. The predicted molar refractivity (Wildman–Crippen MR) is 87.0 cm³/mol. The molecule has 0 aromatic heterocycles. The first-order valence-corrected chi connectivity index (χ1v) is 6.99. The van der Waals surface area contributed by atoms with Gasteiger partial charge >= 0.3 is 0 Å². The quantitative estimate of drug-likeness (QED) is 0.857. The van der Waals surface area contributed by atoms with Crippen LogP contribution in [0.1, 0.15) is 33.9 Å². The topological polar surface area (TPSA) is 29.3 Å². The third-order valence-electron chi connectivity index (χ3n) is 3.78. The molecule has 1 unspecified atom stereocenters. The molecular weight excluding hydrogens is 244 g/mol. The number of hydrogen-bond donors (Lipinski definition) is 1.